The zero-order chi connectivity index (χ0) is 10.6. The quantitative estimate of drug-likeness (QED) is 0.718. The van der Waals surface area contributed by atoms with E-state index in [-0.39, 0.29) is 11.7 Å². The number of nitrogens with one attached hydrogen (secondary N) is 1. The van der Waals surface area contributed by atoms with Gasteiger partial charge in [-0.3, -0.25) is 4.79 Å². The normalized spacial score (nSPS) is 12.2. The molecule has 0 fully saturated rings. The fourth-order valence-electron chi connectivity index (χ4n) is 0.983. The van der Waals surface area contributed by atoms with E-state index in [0.717, 1.165) is 0 Å². The molecule has 0 saturated heterocycles. The van der Waals surface area contributed by atoms with Crippen LogP contribution in [-0.4, -0.2) is 11.0 Å². The highest BCUT2D eigenvalue weighted by molar-refractivity contribution is 5.75. The molecule has 1 aromatic carbocycles. The summed E-state index contributed by atoms with van der Waals surface area (Å²) < 4.78 is 12.5. The van der Waals surface area contributed by atoms with E-state index in [1.165, 1.54) is 24.3 Å². The Balaban J connectivity index is 2.65. The lowest BCUT2D eigenvalue weighted by Crippen LogP contribution is -2.27. The zero-order valence-corrected chi connectivity index (χ0v) is 7.83. The summed E-state index contributed by atoms with van der Waals surface area (Å²) in [5, 5.41) is 11.8. The first kappa shape index (κ1) is 10.7. The highest BCUT2D eigenvalue weighted by atomic mass is 19.1. The van der Waals surface area contributed by atoms with Gasteiger partial charge in [0, 0.05) is 12.0 Å². The summed E-state index contributed by atoms with van der Waals surface area (Å²) in [6.45, 7) is 1.69. The SMILES string of the molecule is CCC(=O)NC(O)c1ccc(F)cc1. The second-order valence-electron chi connectivity index (χ2n) is 2.88. The molecule has 0 bridgehead atoms. The summed E-state index contributed by atoms with van der Waals surface area (Å²) in [5.41, 5.74) is 0.466. The van der Waals surface area contributed by atoms with E-state index >= 15 is 0 Å². The highest BCUT2D eigenvalue weighted by Gasteiger charge is 2.08. The molecular formula is C10H12FNO2. The topological polar surface area (TPSA) is 49.3 Å². The Morgan fingerprint density at radius 3 is 2.57 bits per heavy atom. The maximum atomic E-state index is 12.5. The van der Waals surface area contributed by atoms with Crippen LogP contribution in [0.1, 0.15) is 25.1 Å². The smallest absolute Gasteiger partial charge is 0.221 e. The Morgan fingerprint density at radius 2 is 2.07 bits per heavy atom. The summed E-state index contributed by atoms with van der Waals surface area (Å²) in [6.07, 6.45) is -0.763. The van der Waals surface area contributed by atoms with Crippen LogP contribution in [-0.2, 0) is 4.79 Å². The molecular weight excluding hydrogens is 185 g/mol. The van der Waals surface area contributed by atoms with Crippen molar-refractivity contribution in [1.29, 1.82) is 0 Å². The minimum Gasteiger partial charge on any atom is -0.369 e. The van der Waals surface area contributed by atoms with Crippen LogP contribution in [0.15, 0.2) is 24.3 Å². The van der Waals surface area contributed by atoms with Crippen molar-refractivity contribution in [3.8, 4) is 0 Å². The lowest BCUT2D eigenvalue weighted by atomic mass is 10.2. The van der Waals surface area contributed by atoms with Crippen LogP contribution in [0.5, 0.6) is 0 Å². The van der Waals surface area contributed by atoms with E-state index in [1.54, 1.807) is 6.92 Å². The molecule has 0 heterocycles. The minimum atomic E-state index is -1.07. The number of rotatable bonds is 3. The Bertz CT molecular complexity index is 310. The number of hydrogen-bond donors (Lipinski definition) is 2. The van der Waals surface area contributed by atoms with Gasteiger partial charge in [0.1, 0.15) is 5.82 Å². The monoisotopic (exact) mass is 197 g/mol. The Labute approximate surface area is 81.6 Å². The van der Waals surface area contributed by atoms with Gasteiger partial charge in [-0.2, -0.15) is 0 Å². The third-order valence-electron chi connectivity index (χ3n) is 1.80. The van der Waals surface area contributed by atoms with Crippen molar-refractivity contribution >= 4 is 5.91 Å². The van der Waals surface area contributed by atoms with Gasteiger partial charge < -0.3 is 10.4 Å². The third kappa shape index (κ3) is 2.81. The molecule has 2 N–H and O–H groups in total. The number of benzene rings is 1. The van der Waals surface area contributed by atoms with E-state index in [1.807, 2.05) is 0 Å². The maximum absolute atomic E-state index is 12.5. The van der Waals surface area contributed by atoms with Gasteiger partial charge in [-0.15, -0.1) is 0 Å². The minimum absolute atomic E-state index is 0.248. The number of halogens is 1. The molecule has 1 amide bonds. The fourth-order valence-corrected chi connectivity index (χ4v) is 0.983. The van der Waals surface area contributed by atoms with E-state index in [2.05, 4.69) is 5.32 Å². The van der Waals surface area contributed by atoms with E-state index < -0.39 is 6.23 Å². The van der Waals surface area contributed by atoms with E-state index in [0.29, 0.717) is 12.0 Å². The van der Waals surface area contributed by atoms with Gasteiger partial charge in [-0.1, -0.05) is 19.1 Å². The molecule has 3 nitrogen and oxygen atoms in total. The van der Waals surface area contributed by atoms with Crippen LogP contribution in [0.25, 0.3) is 0 Å². The van der Waals surface area contributed by atoms with Crippen molar-refractivity contribution in [2.75, 3.05) is 0 Å². The first-order chi connectivity index (χ1) is 6.63. The standard InChI is InChI=1S/C10H12FNO2/c1-2-9(13)12-10(14)7-3-5-8(11)6-4-7/h3-6,10,14H,2H2,1H3,(H,12,13). The van der Waals surface area contributed by atoms with E-state index in [4.69, 9.17) is 0 Å². The molecule has 0 saturated carbocycles. The zero-order valence-electron chi connectivity index (χ0n) is 7.83. The Kier molecular flexibility index (Phi) is 3.59. The number of aliphatic hydroxyl groups excluding tert-OH is 1. The van der Waals surface area contributed by atoms with Crippen LogP contribution >= 0.6 is 0 Å². The lowest BCUT2D eigenvalue weighted by molar-refractivity contribution is -0.123. The van der Waals surface area contributed by atoms with Gasteiger partial charge in [0.15, 0.2) is 6.23 Å². The molecule has 1 rings (SSSR count). The molecule has 0 aliphatic heterocycles. The molecule has 0 aliphatic rings. The summed E-state index contributed by atoms with van der Waals surface area (Å²) in [5.74, 6) is -0.621. The molecule has 4 heteroatoms. The number of carbonyl (C=O) groups is 1. The van der Waals surface area contributed by atoms with Crippen molar-refractivity contribution in [3.63, 3.8) is 0 Å². The van der Waals surface area contributed by atoms with Crippen molar-refractivity contribution in [3.05, 3.63) is 35.6 Å². The summed E-state index contributed by atoms with van der Waals surface area (Å²) >= 11 is 0. The Morgan fingerprint density at radius 1 is 1.50 bits per heavy atom. The first-order valence-electron chi connectivity index (χ1n) is 4.36. The number of amides is 1. The summed E-state index contributed by atoms with van der Waals surface area (Å²) in [6, 6.07) is 5.32. The van der Waals surface area contributed by atoms with Crippen molar-refractivity contribution in [1.82, 2.24) is 5.32 Å². The average Bonchev–Trinajstić information content (AvgIpc) is 2.18. The van der Waals surface area contributed by atoms with Crippen molar-refractivity contribution in [2.45, 2.75) is 19.6 Å². The van der Waals surface area contributed by atoms with Crippen molar-refractivity contribution < 1.29 is 14.3 Å². The molecule has 0 aliphatic carbocycles. The fraction of sp³-hybridized carbons (Fsp3) is 0.300. The molecule has 1 aromatic rings. The molecule has 0 spiro atoms. The predicted molar refractivity (Wildman–Crippen MR) is 49.8 cm³/mol. The van der Waals surface area contributed by atoms with Gasteiger partial charge in [-0.05, 0) is 12.1 Å². The maximum Gasteiger partial charge on any atom is 0.221 e. The van der Waals surface area contributed by atoms with Gasteiger partial charge >= 0.3 is 0 Å². The van der Waals surface area contributed by atoms with Gasteiger partial charge in [0.05, 0.1) is 0 Å². The molecule has 14 heavy (non-hydrogen) atoms. The molecule has 0 radical (unpaired) electrons. The number of carbonyl (C=O) groups excluding carboxylic acids is 1. The number of hydrogen-bond acceptors (Lipinski definition) is 2. The van der Waals surface area contributed by atoms with Crippen LogP contribution in [0.4, 0.5) is 4.39 Å². The lowest BCUT2D eigenvalue weighted by Gasteiger charge is -2.12. The van der Waals surface area contributed by atoms with Crippen LogP contribution < -0.4 is 5.32 Å². The van der Waals surface area contributed by atoms with Crippen LogP contribution in [0.2, 0.25) is 0 Å². The van der Waals surface area contributed by atoms with Crippen molar-refractivity contribution in [2.24, 2.45) is 0 Å². The highest BCUT2D eigenvalue weighted by Crippen LogP contribution is 2.10. The second-order valence-corrected chi connectivity index (χ2v) is 2.88. The third-order valence-corrected chi connectivity index (χ3v) is 1.80. The average molecular weight is 197 g/mol. The first-order valence-corrected chi connectivity index (χ1v) is 4.36. The van der Waals surface area contributed by atoms with Crippen LogP contribution in [0.3, 0.4) is 0 Å². The summed E-state index contributed by atoms with van der Waals surface area (Å²) in [7, 11) is 0. The summed E-state index contributed by atoms with van der Waals surface area (Å²) in [4.78, 5) is 10.9. The number of aliphatic hydroxyl groups is 1. The Hall–Kier alpha value is -1.42. The van der Waals surface area contributed by atoms with Gasteiger partial charge in [0.25, 0.3) is 0 Å². The molecule has 0 aromatic heterocycles. The van der Waals surface area contributed by atoms with Gasteiger partial charge in [-0.25, -0.2) is 4.39 Å². The van der Waals surface area contributed by atoms with Crippen LogP contribution in [0, 0.1) is 5.82 Å². The second kappa shape index (κ2) is 4.72. The van der Waals surface area contributed by atoms with E-state index in [9.17, 15) is 14.3 Å². The largest absolute Gasteiger partial charge is 0.369 e. The molecule has 76 valence electrons. The predicted octanol–water partition coefficient (Wildman–Crippen LogP) is 1.34. The molecule has 1 unspecified atom stereocenters. The van der Waals surface area contributed by atoms with Gasteiger partial charge in [0.2, 0.25) is 5.91 Å². The molecule has 1 atom stereocenters.